The first-order valence-corrected chi connectivity index (χ1v) is 7.81. The Morgan fingerprint density at radius 2 is 1.92 bits per heavy atom. The van der Waals surface area contributed by atoms with Crippen molar-refractivity contribution in [1.82, 2.24) is 4.90 Å². The number of rotatable bonds is 5. The number of guanidine groups is 1. The van der Waals surface area contributed by atoms with E-state index in [0.29, 0.717) is 16.7 Å². The second-order valence-corrected chi connectivity index (χ2v) is 5.75. The summed E-state index contributed by atoms with van der Waals surface area (Å²) in [6.45, 7) is 0.668. The number of hydrogen-bond acceptors (Lipinski definition) is 4. The minimum absolute atomic E-state index is 0.0299. The molecule has 1 heterocycles. The molecule has 3 rings (SSSR count). The summed E-state index contributed by atoms with van der Waals surface area (Å²) in [5.41, 5.74) is 5.94. The van der Waals surface area contributed by atoms with Gasteiger partial charge in [0, 0.05) is 12.6 Å². The number of carbonyl (C=O) groups excluding carboxylic acids is 1. The number of ether oxygens (including phenoxy) is 1. The van der Waals surface area contributed by atoms with E-state index in [0.717, 1.165) is 0 Å². The topological polar surface area (TPSA) is 67.9 Å². The summed E-state index contributed by atoms with van der Waals surface area (Å²) in [6.07, 6.45) is 1.39. The molecule has 0 bridgehead atoms. The van der Waals surface area contributed by atoms with Crippen LogP contribution in [0, 0.1) is 0 Å². The Morgan fingerprint density at radius 1 is 1.23 bits per heavy atom. The number of benzene rings is 2. The zero-order chi connectivity index (χ0) is 18.9. The molecular weight excluding hydrogens is 340 g/mol. The highest BCUT2D eigenvalue weighted by Gasteiger charge is 2.49. The molecule has 5 nitrogen and oxygen atoms in total. The van der Waals surface area contributed by atoms with Crippen molar-refractivity contribution in [3.63, 3.8) is 0 Å². The van der Waals surface area contributed by atoms with E-state index in [1.54, 1.807) is 30.3 Å². The normalized spacial score (nSPS) is 19.6. The largest absolute Gasteiger partial charge is 0.434 e. The van der Waals surface area contributed by atoms with Gasteiger partial charge in [-0.25, -0.2) is 4.99 Å². The monoisotopic (exact) mass is 357 g/mol. The first-order chi connectivity index (χ1) is 12.4. The third-order valence-electron chi connectivity index (χ3n) is 4.30. The molecular formula is C19H17F2N3O2. The van der Waals surface area contributed by atoms with Crippen molar-refractivity contribution < 1.29 is 18.3 Å². The Labute approximate surface area is 149 Å². The summed E-state index contributed by atoms with van der Waals surface area (Å²) in [4.78, 5) is 18.8. The van der Waals surface area contributed by atoms with E-state index >= 15 is 0 Å². The van der Waals surface area contributed by atoms with Crippen LogP contribution in [0.1, 0.15) is 16.7 Å². The highest BCUT2D eigenvalue weighted by molar-refractivity contribution is 6.09. The van der Waals surface area contributed by atoms with E-state index in [9.17, 15) is 13.6 Å². The van der Waals surface area contributed by atoms with Crippen molar-refractivity contribution in [3.8, 4) is 5.75 Å². The molecule has 0 saturated carbocycles. The Balaban J connectivity index is 2.22. The van der Waals surface area contributed by atoms with Crippen molar-refractivity contribution in [2.75, 3.05) is 7.05 Å². The molecule has 1 atom stereocenters. The zero-order valence-corrected chi connectivity index (χ0v) is 14.0. The van der Waals surface area contributed by atoms with E-state index in [-0.39, 0.29) is 17.6 Å². The zero-order valence-electron chi connectivity index (χ0n) is 14.0. The van der Waals surface area contributed by atoms with Gasteiger partial charge in [0.2, 0.25) is 0 Å². The second-order valence-electron chi connectivity index (χ2n) is 5.75. The minimum atomic E-state index is -2.96. The van der Waals surface area contributed by atoms with Crippen LogP contribution in [0.25, 0.3) is 6.08 Å². The fraction of sp³-hybridized carbons (Fsp3) is 0.158. The molecule has 0 radical (unpaired) electrons. The maximum atomic E-state index is 13.1. The van der Waals surface area contributed by atoms with Crippen LogP contribution in [0.5, 0.6) is 5.75 Å². The van der Waals surface area contributed by atoms with Crippen LogP contribution in [0.2, 0.25) is 0 Å². The molecule has 2 N–H and O–H groups in total. The van der Waals surface area contributed by atoms with Gasteiger partial charge in [0.1, 0.15) is 5.75 Å². The summed E-state index contributed by atoms with van der Waals surface area (Å²) in [5, 5.41) is 0. The molecule has 1 aliphatic rings. The van der Waals surface area contributed by atoms with Crippen LogP contribution in [-0.2, 0) is 10.3 Å². The van der Waals surface area contributed by atoms with Gasteiger partial charge < -0.3 is 10.5 Å². The molecule has 7 heteroatoms. The Morgan fingerprint density at radius 3 is 2.46 bits per heavy atom. The van der Waals surface area contributed by atoms with Gasteiger partial charge in [-0.15, -0.1) is 0 Å². The van der Waals surface area contributed by atoms with E-state index in [4.69, 9.17) is 5.73 Å². The average Bonchev–Trinajstić information content (AvgIpc) is 2.87. The SMILES string of the molecule is C=Cc1cc([C@@]2(c3ccccc3)N=C(N)N(C)C2=O)ccc1OC(F)F. The fourth-order valence-electron chi connectivity index (χ4n) is 3.00. The standard InChI is InChI=1S/C19H17F2N3O2/c1-3-12-11-14(9-10-15(12)26-17(20)21)19(13-7-5-4-6-8-13)16(25)24(2)18(22)23-19/h3-11,17H,1H2,2H3,(H2,22,23)/t19-/m1/s1. The Kier molecular flexibility index (Phi) is 4.46. The summed E-state index contributed by atoms with van der Waals surface area (Å²) in [6, 6.07) is 13.4. The van der Waals surface area contributed by atoms with E-state index < -0.39 is 12.2 Å². The third-order valence-corrected chi connectivity index (χ3v) is 4.30. The molecule has 26 heavy (non-hydrogen) atoms. The van der Waals surface area contributed by atoms with E-state index in [1.807, 2.05) is 6.07 Å². The number of aliphatic imine (C=N–C) groups is 1. The fourth-order valence-corrected chi connectivity index (χ4v) is 3.00. The molecule has 0 aromatic heterocycles. The summed E-state index contributed by atoms with van der Waals surface area (Å²) in [7, 11) is 1.54. The van der Waals surface area contributed by atoms with Gasteiger partial charge in [0.05, 0.1) is 0 Å². The Bertz CT molecular complexity index is 884. The molecule has 2 aromatic rings. The van der Waals surface area contributed by atoms with E-state index in [2.05, 4.69) is 16.3 Å². The number of hydrogen-bond donors (Lipinski definition) is 1. The third kappa shape index (κ3) is 2.71. The summed E-state index contributed by atoms with van der Waals surface area (Å²) < 4.78 is 29.7. The number of alkyl halides is 2. The second kappa shape index (κ2) is 6.59. The Hall–Kier alpha value is -3.22. The number of halogens is 2. The number of carbonyl (C=O) groups is 1. The first kappa shape index (κ1) is 17.6. The van der Waals surface area contributed by atoms with Crippen LogP contribution in [0.15, 0.2) is 60.1 Å². The van der Waals surface area contributed by atoms with Crippen molar-refractivity contribution in [1.29, 1.82) is 0 Å². The van der Waals surface area contributed by atoms with Gasteiger partial charge in [0.15, 0.2) is 11.5 Å². The predicted molar refractivity (Wildman–Crippen MR) is 94.8 cm³/mol. The number of nitrogens with two attached hydrogens (primary N) is 1. The van der Waals surface area contributed by atoms with Crippen LogP contribution in [0.3, 0.4) is 0 Å². The highest BCUT2D eigenvalue weighted by Crippen LogP contribution is 2.40. The summed E-state index contributed by atoms with van der Waals surface area (Å²) in [5.74, 6) is -0.289. The quantitative estimate of drug-likeness (QED) is 0.895. The lowest BCUT2D eigenvalue weighted by molar-refractivity contribution is -0.129. The van der Waals surface area contributed by atoms with Gasteiger partial charge >= 0.3 is 6.61 Å². The number of nitrogens with zero attached hydrogens (tertiary/aromatic N) is 2. The number of likely N-dealkylation sites (N-methyl/N-ethyl adjacent to an activating group) is 1. The average molecular weight is 357 g/mol. The van der Waals surface area contributed by atoms with Gasteiger partial charge in [-0.1, -0.05) is 49.1 Å². The maximum absolute atomic E-state index is 13.1. The van der Waals surface area contributed by atoms with Crippen molar-refractivity contribution in [2.45, 2.75) is 12.2 Å². The molecule has 0 aliphatic carbocycles. The van der Waals surface area contributed by atoms with Gasteiger partial charge in [-0.2, -0.15) is 8.78 Å². The van der Waals surface area contributed by atoms with Crippen LogP contribution >= 0.6 is 0 Å². The van der Waals surface area contributed by atoms with Gasteiger partial charge in [0.25, 0.3) is 5.91 Å². The van der Waals surface area contributed by atoms with Crippen molar-refractivity contribution in [2.24, 2.45) is 10.7 Å². The van der Waals surface area contributed by atoms with Gasteiger partial charge in [-0.3, -0.25) is 9.69 Å². The smallest absolute Gasteiger partial charge is 0.387 e. The molecule has 0 saturated heterocycles. The predicted octanol–water partition coefficient (Wildman–Crippen LogP) is 2.96. The lowest BCUT2D eigenvalue weighted by Crippen LogP contribution is -2.41. The molecule has 0 unspecified atom stereocenters. The molecule has 0 fully saturated rings. The first-order valence-electron chi connectivity index (χ1n) is 7.81. The van der Waals surface area contributed by atoms with Crippen LogP contribution in [0.4, 0.5) is 8.78 Å². The van der Waals surface area contributed by atoms with Gasteiger partial charge in [-0.05, 0) is 23.3 Å². The van der Waals surface area contributed by atoms with Crippen LogP contribution < -0.4 is 10.5 Å². The minimum Gasteiger partial charge on any atom is -0.434 e. The molecule has 2 aromatic carbocycles. The molecule has 134 valence electrons. The number of amides is 1. The lowest BCUT2D eigenvalue weighted by Gasteiger charge is -2.26. The molecule has 1 amide bonds. The molecule has 0 spiro atoms. The van der Waals surface area contributed by atoms with Crippen molar-refractivity contribution >= 4 is 17.9 Å². The lowest BCUT2D eigenvalue weighted by atomic mass is 9.82. The molecule has 1 aliphatic heterocycles. The van der Waals surface area contributed by atoms with Crippen LogP contribution in [-0.4, -0.2) is 30.4 Å². The highest BCUT2D eigenvalue weighted by atomic mass is 19.3. The maximum Gasteiger partial charge on any atom is 0.387 e. The van der Waals surface area contributed by atoms with E-state index in [1.165, 1.54) is 30.2 Å². The van der Waals surface area contributed by atoms with Crippen molar-refractivity contribution in [3.05, 3.63) is 71.8 Å². The summed E-state index contributed by atoms with van der Waals surface area (Å²) >= 11 is 0.